The number of aryl methyl sites for hydroxylation is 3. The molecule has 1 amide bonds. The van der Waals surface area contributed by atoms with Crippen LogP contribution < -0.4 is 10.1 Å². The van der Waals surface area contributed by atoms with Crippen LogP contribution in [-0.4, -0.2) is 38.4 Å². The normalized spacial score (nSPS) is 10.9. The maximum atomic E-state index is 12.2. The Morgan fingerprint density at radius 2 is 2.04 bits per heavy atom. The lowest BCUT2D eigenvalue weighted by Gasteiger charge is -2.10. The van der Waals surface area contributed by atoms with Gasteiger partial charge in [0, 0.05) is 11.4 Å². The summed E-state index contributed by atoms with van der Waals surface area (Å²) in [4.78, 5) is 20.9. The molecule has 130 valence electrons. The van der Waals surface area contributed by atoms with Crippen LogP contribution >= 0.6 is 11.8 Å². The molecule has 0 radical (unpaired) electrons. The number of nitrogens with one attached hydrogen (secondary N) is 1. The first-order valence-electron chi connectivity index (χ1n) is 7.74. The number of methoxy groups -OCH3 is 1. The van der Waals surface area contributed by atoms with E-state index < -0.39 is 0 Å². The summed E-state index contributed by atoms with van der Waals surface area (Å²) in [5, 5.41) is 7.77. The molecular weight excluding hydrogens is 338 g/mol. The Hall–Kier alpha value is -2.61. The zero-order valence-electron chi connectivity index (χ0n) is 14.5. The van der Waals surface area contributed by atoms with Gasteiger partial charge >= 0.3 is 0 Å². The van der Waals surface area contributed by atoms with Crippen molar-refractivity contribution in [3.63, 3.8) is 0 Å². The van der Waals surface area contributed by atoms with Gasteiger partial charge in [-0.15, -0.1) is 5.10 Å². The number of nitrogens with zero attached hydrogens (tertiary/aromatic N) is 4. The Labute approximate surface area is 149 Å². The molecule has 0 saturated heterocycles. The van der Waals surface area contributed by atoms with E-state index in [4.69, 9.17) is 4.74 Å². The minimum Gasteiger partial charge on any atom is -0.495 e. The summed E-state index contributed by atoms with van der Waals surface area (Å²) < 4.78 is 6.95. The van der Waals surface area contributed by atoms with Gasteiger partial charge in [-0.05, 0) is 44.5 Å². The first kappa shape index (κ1) is 17.2. The van der Waals surface area contributed by atoms with Gasteiger partial charge in [-0.25, -0.2) is 9.50 Å². The average Bonchev–Trinajstić information content (AvgIpc) is 2.96. The topological polar surface area (TPSA) is 81.4 Å². The molecule has 7 nitrogen and oxygen atoms in total. The molecule has 3 rings (SSSR count). The van der Waals surface area contributed by atoms with E-state index in [9.17, 15) is 4.79 Å². The van der Waals surface area contributed by atoms with E-state index in [-0.39, 0.29) is 11.7 Å². The van der Waals surface area contributed by atoms with Gasteiger partial charge in [-0.2, -0.15) is 4.98 Å². The highest BCUT2D eigenvalue weighted by molar-refractivity contribution is 7.99. The SMILES string of the molecule is COc1ccc(C)cc1NC(=O)CSc1nc2nc(C)cc(C)n2n1. The van der Waals surface area contributed by atoms with Gasteiger partial charge in [0.1, 0.15) is 5.75 Å². The molecule has 0 unspecified atom stereocenters. The first-order chi connectivity index (χ1) is 12.0. The minimum absolute atomic E-state index is 0.145. The summed E-state index contributed by atoms with van der Waals surface area (Å²) in [5.41, 5.74) is 3.54. The van der Waals surface area contributed by atoms with Crippen molar-refractivity contribution in [3.8, 4) is 5.75 Å². The van der Waals surface area contributed by atoms with E-state index in [1.54, 1.807) is 11.6 Å². The van der Waals surface area contributed by atoms with Gasteiger partial charge in [0.2, 0.25) is 11.1 Å². The zero-order chi connectivity index (χ0) is 18.0. The average molecular weight is 357 g/mol. The lowest BCUT2D eigenvalue weighted by atomic mass is 10.2. The second-order valence-electron chi connectivity index (χ2n) is 5.69. The van der Waals surface area contributed by atoms with Crippen LogP contribution in [0.2, 0.25) is 0 Å². The summed E-state index contributed by atoms with van der Waals surface area (Å²) in [6.45, 7) is 5.82. The number of rotatable bonds is 5. The van der Waals surface area contributed by atoms with Gasteiger partial charge in [0.25, 0.3) is 5.78 Å². The first-order valence-corrected chi connectivity index (χ1v) is 8.73. The van der Waals surface area contributed by atoms with Crippen molar-refractivity contribution in [2.75, 3.05) is 18.2 Å². The molecule has 0 saturated carbocycles. The standard InChI is InChI=1S/C17H19N5O2S/c1-10-5-6-14(24-4)13(7-10)19-15(23)9-25-17-20-16-18-11(2)8-12(3)22(16)21-17/h5-8H,9H2,1-4H3,(H,19,23). The quantitative estimate of drug-likeness (QED) is 0.707. The fourth-order valence-corrected chi connectivity index (χ4v) is 3.06. The second kappa shape index (κ2) is 7.10. The van der Waals surface area contributed by atoms with Crippen LogP contribution in [0, 0.1) is 20.8 Å². The Morgan fingerprint density at radius 1 is 1.24 bits per heavy atom. The van der Waals surface area contributed by atoms with Crippen molar-refractivity contribution in [3.05, 3.63) is 41.2 Å². The van der Waals surface area contributed by atoms with Crippen molar-refractivity contribution in [2.24, 2.45) is 0 Å². The van der Waals surface area contributed by atoms with E-state index in [0.29, 0.717) is 22.4 Å². The third-order valence-corrected chi connectivity index (χ3v) is 4.40. The summed E-state index contributed by atoms with van der Waals surface area (Å²) in [6.07, 6.45) is 0. The van der Waals surface area contributed by atoms with Gasteiger partial charge < -0.3 is 10.1 Å². The maximum Gasteiger partial charge on any atom is 0.253 e. The summed E-state index contributed by atoms with van der Waals surface area (Å²) >= 11 is 1.27. The van der Waals surface area contributed by atoms with Crippen molar-refractivity contribution < 1.29 is 9.53 Å². The molecular formula is C17H19N5O2S. The van der Waals surface area contributed by atoms with Crippen LogP contribution in [-0.2, 0) is 4.79 Å². The molecule has 0 aliphatic heterocycles. The van der Waals surface area contributed by atoms with Crippen LogP contribution in [0.4, 0.5) is 5.69 Å². The largest absolute Gasteiger partial charge is 0.495 e. The molecule has 0 bridgehead atoms. The van der Waals surface area contributed by atoms with E-state index in [1.165, 1.54) is 11.8 Å². The Bertz CT molecular complexity index is 938. The number of carbonyl (C=O) groups excluding carboxylic acids is 1. The molecule has 2 aromatic heterocycles. The smallest absolute Gasteiger partial charge is 0.253 e. The Morgan fingerprint density at radius 3 is 2.80 bits per heavy atom. The number of amides is 1. The second-order valence-corrected chi connectivity index (χ2v) is 6.63. The molecule has 1 N–H and O–H groups in total. The molecule has 3 aromatic rings. The highest BCUT2D eigenvalue weighted by Gasteiger charge is 2.12. The number of ether oxygens (including phenoxy) is 1. The minimum atomic E-state index is -0.145. The third-order valence-electron chi connectivity index (χ3n) is 3.56. The van der Waals surface area contributed by atoms with Gasteiger partial charge in [0.15, 0.2) is 0 Å². The van der Waals surface area contributed by atoms with Gasteiger partial charge in [-0.3, -0.25) is 4.79 Å². The fourth-order valence-electron chi connectivity index (χ4n) is 2.44. The Kier molecular flexibility index (Phi) is 4.89. The number of benzene rings is 1. The predicted molar refractivity (Wildman–Crippen MR) is 97.3 cm³/mol. The number of hydrogen-bond acceptors (Lipinski definition) is 6. The number of thioether (sulfide) groups is 1. The van der Waals surface area contributed by atoms with E-state index >= 15 is 0 Å². The van der Waals surface area contributed by atoms with Crippen LogP contribution in [0.5, 0.6) is 5.75 Å². The Balaban J connectivity index is 1.68. The van der Waals surface area contributed by atoms with E-state index in [0.717, 1.165) is 17.0 Å². The van der Waals surface area contributed by atoms with Crippen molar-refractivity contribution in [2.45, 2.75) is 25.9 Å². The molecule has 0 aliphatic carbocycles. The van der Waals surface area contributed by atoms with Crippen LogP contribution in [0.25, 0.3) is 5.78 Å². The number of anilines is 1. The molecule has 1 aromatic carbocycles. The number of hydrogen-bond donors (Lipinski definition) is 1. The van der Waals surface area contributed by atoms with Crippen LogP contribution in [0.1, 0.15) is 17.0 Å². The lowest BCUT2D eigenvalue weighted by molar-refractivity contribution is -0.113. The number of carbonyl (C=O) groups is 1. The lowest BCUT2D eigenvalue weighted by Crippen LogP contribution is -2.15. The highest BCUT2D eigenvalue weighted by Crippen LogP contribution is 2.25. The number of aromatic nitrogens is 4. The summed E-state index contributed by atoms with van der Waals surface area (Å²) in [6, 6.07) is 7.58. The highest BCUT2D eigenvalue weighted by atomic mass is 32.2. The molecule has 25 heavy (non-hydrogen) atoms. The van der Waals surface area contributed by atoms with Crippen molar-refractivity contribution in [1.82, 2.24) is 19.6 Å². The van der Waals surface area contributed by atoms with Crippen LogP contribution in [0.3, 0.4) is 0 Å². The number of fused-ring (bicyclic) bond motifs is 1. The molecule has 0 fully saturated rings. The maximum absolute atomic E-state index is 12.2. The molecule has 0 spiro atoms. The van der Waals surface area contributed by atoms with Crippen LogP contribution in [0.15, 0.2) is 29.4 Å². The van der Waals surface area contributed by atoms with Gasteiger partial charge in [-0.1, -0.05) is 17.8 Å². The van der Waals surface area contributed by atoms with Crippen molar-refractivity contribution >= 4 is 29.1 Å². The predicted octanol–water partition coefficient (Wildman–Crippen LogP) is 2.79. The molecule has 8 heteroatoms. The fraction of sp³-hybridized carbons (Fsp3) is 0.294. The molecule has 0 atom stereocenters. The van der Waals surface area contributed by atoms with Gasteiger partial charge in [0.05, 0.1) is 18.6 Å². The van der Waals surface area contributed by atoms with Crippen molar-refractivity contribution in [1.29, 1.82) is 0 Å². The monoisotopic (exact) mass is 357 g/mol. The van der Waals surface area contributed by atoms with E-state index in [2.05, 4.69) is 20.4 Å². The summed E-state index contributed by atoms with van der Waals surface area (Å²) in [7, 11) is 1.58. The zero-order valence-corrected chi connectivity index (χ0v) is 15.3. The third kappa shape index (κ3) is 3.90. The van der Waals surface area contributed by atoms with E-state index in [1.807, 2.05) is 45.0 Å². The molecule has 0 aliphatic rings. The molecule has 2 heterocycles. The summed E-state index contributed by atoms with van der Waals surface area (Å²) in [5.74, 6) is 1.23.